The van der Waals surface area contributed by atoms with Crippen molar-refractivity contribution in [2.75, 3.05) is 5.32 Å². The third-order valence-electron chi connectivity index (χ3n) is 3.66. The van der Waals surface area contributed by atoms with Crippen LogP contribution in [0.3, 0.4) is 0 Å². The first-order chi connectivity index (χ1) is 10.4. The molecular weight excluding hydrogens is 280 g/mol. The van der Waals surface area contributed by atoms with Crippen LogP contribution in [-0.4, -0.2) is 33.6 Å². The van der Waals surface area contributed by atoms with Gasteiger partial charge >= 0.3 is 6.09 Å². The zero-order valence-electron chi connectivity index (χ0n) is 14.1. The van der Waals surface area contributed by atoms with Crippen LogP contribution in [0, 0.1) is 0 Å². The fraction of sp³-hybridized carbons (Fsp3) is 0.750. The number of ether oxygens (including phenoxy) is 1. The maximum absolute atomic E-state index is 11.9. The maximum atomic E-state index is 11.9. The predicted molar refractivity (Wildman–Crippen MR) is 86.9 cm³/mol. The van der Waals surface area contributed by atoms with Crippen LogP contribution in [0.4, 0.5) is 10.5 Å². The van der Waals surface area contributed by atoms with E-state index in [0.29, 0.717) is 0 Å². The number of alkyl carbamates (subject to hydrolysis) is 1. The molecule has 0 aliphatic heterocycles. The Labute approximate surface area is 132 Å². The fourth-order valence-corrected chi connectivity index (χ4v) is 2.77. The standard InChI is InChI=1S/C16H28N4O2/c1-5-9-20-11-12(10-17-20)18-13-7-6-8-14(13)19-15(21)22-16(2,3)4/h10-11,13-14,18H,5-9H2,1-4H3,(H,19,21)/t13-,14+/m1/s1. The first-order valence-corrected chi connectivity index (χ1v) is 8.16. The predicted octanol–water partition coefficient (Wildman–Crippen LogP) is 3.15. The SMILES string of the molecule is CCCn1cc(N[C@@H]2CCC[C@@H]2NC(=O)OC(C)(C)C)cn1. The van der Waals surface area contributed by atoms with Gasteiger partial charge < -0.3 is 15.4 Å². The van der Waals surface area contributed by atoms with E-state index in [4.69, 9.17) is 4.74 Å². The second-order valence-corrected chi connectivity index (χ2v) is 6.93. The van der Waals surface area contributed by atoms with Crippen molar-refractivity contribution in [1.29, 1.82) is 0 Å². The molecule has 0 spiro atoms. The molecule has 1 fully saturated rings. The average molecular weight is 308 g/mol. The van der Waals surface area contributed by atoms with E-state index in [9.17, 15) is 4.79 Å². The highest BCUT2D eigenvalue weighted by Crippen LogP contribution is 2.23. The van der Waals surface area contributed by atoms with Crippen molar-refractivity contribution in [2.45, 2.75) is 77.6 Å². The molecule has 2 atom stereocenters. The van der Waals surface area contributed by atoms with Gasteiger partial charge in [0.2, 0.25) is 0 Å². The highest BCUT2D eigenvalue weighted by atomic mass is 16.6. The summed E-state index contributed by atoms with van der Waals surface area (Å²) in [5, 5.41) is 10.8. The van der Waals surface area contributed by atoms with Gasteiger partial charge in [-0.3, -0.25) is 4.68 Å². The first-order valence-electron chi connectivity index (χ1n) is 8.16. The molecule has 0 radical (unpaired) electrons. The summed E-state index contributed by atoms with van der Waals surface area (Å²) in [6.45, 7) is 8.68. The Morgan fingerprint density at radius 1 is 1.41 bits per heavy atom. The summed E-state index contributed by atoms with van der Waals surface area (Å²) in [4.78, 5) is 11.9. The summed E-state index contributed by atoms with van der Waals surface area (Å²) in [6, 6.07) is 0.330. The first kappa shape index (κ1) is 16.6. The largest absolute Gasteiger partial charge is 0.444 e. The highest BCUT2D eigenvalue weighted by molar-refractivity contribution is 5.68. The van der Waals surface area contributed by atoms with Gasteiger partial charge in [-0.25, -0.2) is 4.79 Å². The second kappa shape index (κ2) is 7.03. The molecule has 0 saturated heterocycles. The lowest BCUT2D eigenvalue weighted by Gasteiger charge is -2.25. The Morgan fingerprint density at radius 2 is 2.14 bits per heavy atom. The normalized spacial score (nSPS) is 21.6. The third-order valence-corrected chi connectivity index (χ3v) is 3.66. The number of amides is 1. The smallest absolute Gasteiger partial charge is 0.407 e. The molecule has 22 heavy (non-hydrogen) atoms. The molecule has 1 aliphatic carbocycles. The van der Waals surface area contributed by atoms with E-state index in [2.05, 4.69) is 22.7 Å². The number of aromatic nitrogens is 2. The van der Waals surface area contributed by atoms with Crippen molar-refractivity contribution >= 4 is 11.8 Å². The zero-order valence-corrected chi connectivity index (χ0v) is 14.1. The van der Waals surface area contributed by atoms with Crippen molar-refractivity contribution in [2.24, 2.45) is 0 Å². The Morgan fingerprint density at radius 3 is 2.82 bits per heavy atom. The van der Waals surface area contributed by atoms with Crippen LogP contribution in [0.5, 0.6) is 0 Å². The van der Waals surface area contributed by atoms with Crippen molar-refractivity contribution in [3.05, 3.63) is 12.4 Å². The molecule has 124 valence electrons. The van der Waals surface area contributed by atoms with Crippen LogP contribution < -0.4 is 10.6 Å². The number of carbonyl (C=O) groups excluding carboxylic acids is 1. The zero-order chi connectivity index (χ0) is 16.2. The molecule has 2 N–H and O–H groups in total. The van der Waals surface area contributed by atoms with Crippen molar-refractivity contribution in [3.63, 3.8) is 0 Å². The van der Waals surface area contributed by atoms with Gasteiger partial charge in [-0.05, 0) is 46.5 Å². The van der Waals surface area contributed by atoms with Crippen molar-refractivity contribution in [1.82, 2.24) is 15.1 Å². The van der Waals surface area contributed by atoms with Gasteiger partial charge in [0.05, 0.1) is 17.9 Å². The highest BCUT2D eigenvalue weighted by Gasteiger charge is 2.30. The molecule has 6 heteroatoms. The number of carbonyl (C=O) groups is 1. The molecule has 1 amide bonds. The second-order valence-electron chi connectivity index (χ2n) is 6.93. The lowest BCUT2D eigenvalue weighted by Crippen LogP contribution is -2.45. The van der Waals surface area contributed by atoms with Crippen LogP contribution in [0.1, 0.15) is 53.4 Å². The van der Waals surface area contributed by atoms with Crippen molar-refractivity contribution in [3.8, 4) is 0 Å². The van der Waals surface area contributed by atoms with Crippen molar-refractivity contribution < 1.29 is 9.53 Å². The van der Waals surface area contributed by atoms with Gasteiger partial charge in [0, 0.05) is 18.8 Å². The van der Waals surface area contributed by atoms with Gasteiger partial charge in [-0.15, -0.1) is 0 Å². The Hall–Kier alpha value is -1.72. The molecule has 1 aliphatic rings. The summed E-state index contributed by atoms with van der Waals surface area (Å²) in [5.74, 6) is 0. The van der Waals surface area contributed by atoms with E-state index < -0.39 is 5.60 Å². The number of hydrogen-bond acceptors (Lipinski definition) is 4. The molecule has 1 heterocycles. The van der Waals surface area contributed by atoms with Crippen LogP contribution in [-0.2, 0) is 11.3 Å². The minimum absolute atomic E-state index is 0.101. The number of hydrogen-bond donors (Lipinski definition) is 2. The number of aryl methyl sites for hydroxylation is 1. The van der Waals surface area contributed by atoms with E-state index >= 15 is 0 Å². The van der Waals surface area contributed by atoms with E-state index in [1.807, 2.05) is 37.8 Å². The van der Waals surface area contributed by atoms with E-state index in [-0.39, 0.29) is 18.2 Å². The lowest BCUT2D eigenvalue weighted by atomic mass is 10.1. The minimum atomic E-state index is -0.465. The summed E-state index contributed by atoms with van der Waals surface area (Å²) >= 11 is 0. The Kier molecular flexibility index (Phi) is 5.32. The lowest BCUT2D eigenvalue weighted by molar-refractivity contribution is 0.0503. The Bertz CT molecular complexity index is 493. The molecule has 0 aromatic carbocycles. The Balaban J connectivity index is 1.88. The monoisotopic (exact) mass is 308 g/mol. The summed E-state index contributed by atoms with van der Waals surface area (Å²) in [7, 11) is 0. The number of rotatable bonds is 5. The number of nitrogens with zero attached hydrogens (tertiary/aromatic N) is 2. The minimum Gasteiger partial charge on any atom is -0.444 e. The summed E-state index contributed by atoms with van der Waals surface area (Å²) in [6.07, 6.45) is 7.70. The molecule has 1 saturated carbocycles. The van der Waals surface area contributed by atoms with Gasteiger partial charge in [-0.2, -0.15) is 5.10 Å². The van der Waals surface area contributed by atoms with E-state index in [0.717, 1.165) is 37.9 Å². The van der Waals surface area contributed by atoms with E-state index in [1.165, 1.54) is 0 Å². The molecule has 0 bridgehead atoms. The van der Waals surface area contributed by atoms with Gasteiger partial charge in [0.25, 0.3) is 0 Å². The topological polar surface area (TPSA) is 68.2 Å². The molecule has 2 rings (SSSR count). The molecule has 1 aromatic rings. The average Bonchev–Trinajstić information content (AvgIpc) is 2.99. The van der Waals surface area contributed by atoms with Gasteiger partial charge in [0.1, 0.15) is 5.60 Å². The van der Waals surface area contributed by atoms with Crippen LogP contribution in [0.15, 0.2) is 12.4 Å². The van der Waals surface area contributed by atoms with Gasteiger partial charge in [-0.1, -0.05) is 6.92 Å². The molecule has 1 aromatic heterocycles. The van der Waals surface area contributed by atoms with E-state index in [1.54, 1.807) is 0 Å². The number of nitrogens with one attached hydrogen (secondary N) is 2. The third kappa shape index (κ3) is 4.93. The molecule has 0 unspecified atom stereocenters. The fourth-order valence-electron chi connectivity index (χ4n) is 2.77. The van der Waals surface area contributed by atoms with Crippen LogP contribution in [0.25, 0.3) is 0 Å². The summed E-state index contributed by atoms with van der Waals surface area (Å²) in [5.41, 5.74) is 0.545. The number of anilines is 1. The maximum Gasteiger partial charge on any atom is 0.407 e. The molecular formula is C16H28N4O2. The van der Waals surface area contributed by atoms with Crippen LogP contribution in [0.2, 0.25) is 0 Å². The molecule has 6 nitrogen and oxygen atoms in total. The quantitative estimate of drug-likeness (QED) is 0.877. The van der Waals surface area contributed by atoms with Gasteiger partial charge in [0.15, 0.2) is 0 Å². The van der Waals surface area contributed by atoms with Crippen LogP contribution >= 0.6 is 0 Å². The summed E-state index contributed by atoms with van der Waals surface area (Å²) < 4.78 is 7.28.